The number of hydrogen-bond acceptors (Lipinski definition) is 5. The first-order valence-corrected chi connectivity index (χ1v) is 11.3. The number of sulfonamides is 1. The fourth-order valence-electron chi connectivity index (χ4n) is 3.58. The molecule has 30 heavy (non-hydrogen) atoms. The van der Waals surface area contributed by atoms with Crippen molar-refractivity contribution in [1.29, 1.82) is 5.26 Å². The van der Waals surface area contributed by atoms with Gasteiger partial charge in [0.05, 0.1) is 16.1 Å². The van der Waals surface area contributed by atoms with Gasteiger partial charge in [0.1, 0.15) is 6.07 Å². The summed E-state index contributed by atoms with van der Waals surface area (Å²) in [5.74, 6) is -0.164. The molecule has 0 aliphatic carbocycles. The summed E-state index contributed by atoms with van der Waals surface area (Å²) in [6.07, 6.45) is 0.281. The highest BCUT2D eigenvalue weighted by Crippen LogP contribution is 2.22. The molecule has 1 fully saturated rings. The number of aryl methyl sites for hydroxylation is 2. The minimum atomic E-state index is -3.52. The Bertz CT molecular complexity index is 1070. The maximum absolute atomic E-state index is 13.0. The lowest BCUT2D eigenvalue weighted by molar-refractivity contribution is -0.116. The molecule has 158 valence electrons. The molecule has 1 aliphatic heterocycles. The second-order valence-corrected chi connectivity index (χ2v) is 9.38. The van der Waals surface area contributed by atoms with Gasteiger partial charge in [-0.25, -0.2) is 8.42 Å². The van der Waals surface area contributed by atoms with E-state index in [2.05, 4.69) is 16.3 Å². The smallest absolute Gasteiger partial charge is 0.243 e. The van der Waals surface area contributed by atoms with E-state index >= 15 is 0 Å². The monoisotopic (exact) mass is 426 g/mol. The Hall–Kier alpha value is -2.73. The molecule has 0 aromatic heterocycles. The third-order valence-corrected chi connectivity index (χ3v) is 7.32. The molecule has 1 N–H and O–H groups in total. The zero-order valence-electron chi connectivity index (χ0n) is 17.3. The molecule has 1 amide bonds. The number of carbonyl (C=O) groups is 1. The Morgan fingerprint density at radius 2 is 1.80 bits per heavy atom. The van der Waals surface area contributed by atoms with Gasteiger partial charge >= 0.3 is 0 Å². The Balaban J connectivity index is 1.52. The van der Waals surface area contributed by atoms with Crippen molar-refractivity contribution in [2.45, 2.75) is 25.2 Å². The number of piperazine rings is 1. The van der Waals surface area contributed by atoms with Gasteiger partial charge in [0.25, 0.3) is 0 Å². The number of hydrogen-bond donors (Lipinski definition) is 1. The maximum Gasteiger partial charge on any atom is 0.243 e. The van der Waals surface area contributed by atoms with Crippen LogP contribution in [0.3, 0.4) is 0 Å². The molecule has 0 atom stereocenters. The van der Waals surface area contributed by atoms with Gasteiger partial charge in [-0.2, -0.15) is 9.57 Å². The van der Waals surface area contributed by atoms with E-state index in [0.717, 1.165) is 11.1 Å². The van der Waals surface area contributed by atoms with E-state index in [4.69, 9.17) is 5.26 Å². The fraction of sp³-hybridized carbons (Fsp3) is 0.364. The third kappa shape index (κ3) is 5.05. The van der Waals surface area contributed by atoms with E-state index in [1.807, 2.05) is 26.0 Å². The van der Waals surface area contributed by atoms with Crippen molar-refractivity contribution in [2.75, 3.05) is 38.0 Å². The van der Waals surface area contributed by atoms with Gasteiger partial charge in [0.15, 0.2) is 0 Å². The summed E-state index contributed by atoms with van der Waals surface area (Å²) >= 11 is 0. The van der Waals surface area contributed by atoms with Gasteiger partial charge in [-0.15, -0.1) is 0 Å². The summed E-state index contributed by atoms with van der Waals surface area (Å²) < 4.78 is 27.5. The van der Waals surface area contributed by atoms with Crippen LogP contribution in [0.1, 0.15) is 23.1 Å². The number of nitrogens with one attached hydrogen (secondary N) is 1. The molecule has 2 aromatic carbocycles. The van der Waals surface area contributed by atoms with E-state index in [0.29, 0.717) is 48.9 Å². The molecule has 7 nitrogen and oxygen atoms in total. The largest absolute Gasteiger partial charge is 0.325 e. The zero-order valence-corrected chi connectivity index (χ0v) is 18.1. The lowest BCUT2D eigenvalue weighted by Crippen LogP contribution is -2.49. The average molecular weight is 427 g/mol. The van der Waals surface area contributed by atoms with E-state index < -0.39 is 10.0 Å². The number of para-hydroxylation sites is 1. The summed E-state index contributed by atoms with van der Waals surface area (Å²) in [7, 11) is -3.52. The summed E-state index contributed by atoms with van der Waals surface area (Å²) in [5, 5.41) is 11.9. The van der Waals surface area contributed by atoms with Crippen LogP contribution in [0.5, 0.6) is 0 Å². The molecule has 8 heteroatoms. The SMILES string of the molecule is Cc1ccc(S(=O)(=O)N2CCN(CCC(=O)Nc3ccccc3C#N)CC2)c(C)c1. The quantitative estimate of drug-likeness (QED) is 0.766. The molecule has 3 rings (SSSR count). The number of nitrogens with zero attached hydrogens (tertiary/aromatic N) is 3. The van der Waals surface area contributed by atoms with Gasteiger partial charge in [0, 0.05) is 39.1 Å². The second kappa shape index (κ2) is 9.39. The number of carbonyl (C=O) groups excluding carboxylic acids is 1. The highest BCUT2D eigenvalue weighted by molar-refractivity contribution is 7.89. The van der Waals surface area contributed by atoms with Crippen molar-refractivity contribution in [3.63, 3.8) is 0 Å². The van der Waals surface area contributed by atoms with Gasteiger partial charge in [-0.1, -0.05) is 29.8 Å². The van der Waals surface area contributed by atoms with Crippen molar-refractivity contribution in [2.24, 2.45) is 0 Å². The first kappa shape index (κ1) is 22.0. The fourth-order valence-corrected chi connectivity index (χ4v) is 5.21. The first-order chi connectivity index (χ1) is 14.3. The van der Waals surface area contributed by atoms with E-state index in [1.165, 1.54) is 4.31 Å². The first-order valence-electron chi connectivity index (χ1n) is 9.90. The molecular weight excluding hydrogens is 400 g/mol. The predicted octanol–water partition coefficient (Wildman–Crippen LogP) is 2.51. The summed E-state index contributed by atoms with van der Waals surface area (Å²) in [6.45, 7) is 6.25. The minimum Gasteiger partial charge on any atom is -0.325 e. The van der Waals surface area contributed by atoms with Crippen LogP contribution in [0, 0.1) is 25.2 Å². The molecule has 0 spiro atoms. The van der Waals surface area contributed by atoms with Gasteiger partial charge in [-0.3, -0.25) is 4.79 Å². The molecule has 1 heterocycles. The van der Waals surface area contributed by atoms with Crippen LogP contribution in [0.15, 0.2) is 47.4 Å². The van der Waals surface area contributed by atoms with Crippen LogP contribution in [-0.4, -0.2) is 56.3 Å². The summed E-state index contributed by atoms with van der Waals surface area (Å²) in [5.41, 5.74) is 2.73. The lowest BCUT2D eigenvalue weighted by Gasteiger charge is -2.34. The molecular formula is C22H26N4O3S. The normalized spacial score (nSPS) is 15.5. The van der Waals surface area contributed by atoms with Gasteiger partial charge in [-0.05, 0) is 37.6 Å². The summed E-state index contributed by atoms with van der Waals surface area (Å²) in [4.78, 5) is 14.7. The highest BCUT2D eigenvalue weighted by atomic mass is 32.2. The van der Waals surface area contributed by atoms with E-state index in [-0.39, 0.29) is 12.3 Å². The van der Waals surface area contributed by atoms with Gasteiger partial charge < -0.3 is 10.2 Å². The number of benzene rings is 2. The molecule has 0 unspecified atom stereocenters. The van der Waals surface area contributed by atoms with Crippen LogP contribution in [-0.2, 0) is 14.8 Å². The Morgan fingerprint density at radius 1 is 1.10 bits per heavy atom. The highest BCUT2D eigenvalue weighted by Gasteiger charge is 2.29. The number of amides is 1. The molecule has 0 bridgehead atoms. The van der Waals surface area contributed by atoms with E-state index in [1.54, 1.807) is 30.3 Å². The summed E-state index contributed by atoms with van der Waals surface area (Å²) in [6, 6.07) is 14.3. The molecule has 0 saturated carbocycles. The Morgan fingerprint density at radius 3 is 2.47 bits per heavy atom. The standard InChI is InChI=1S/C22H26N4O3S/c1-17-7-8-21(18(2)15-17)30(28,29)26-13-11-25(12-14-26)10-9-22(27)24-20-6-4-3-5-19(20)16-23/h3-8,15H,9-14H2,1-2H3,(H,24,27). The van der Waals surface area contributed by atoms with Crippen LogP contribution in [0.4, 0.5) is 5.69 Å². The molecule has 0 radical (unpaired) electrons. The minimum absolute atomic E-state index is 0.164. The third-order valence-electron chi connectivity index (χ3n) is 5.26. The van der Waals surface area contributed by atoms with Gasteiger partial charge in [0.2, 0.25) is 15.9 Å². The van der Waals surface area contributed by atoms with Crippen LogP contribution in [0.25, 0.3) is 0 Å². The van der Waals surface area contributed by atoms with Crippen LogP contribution >= 0.6 is 0 Å². The number of anilines is 1. The lowest BCUT2D eigenvalue weighted by atomic mass is 10.2. The van der Waals surface area contributed by atoms with E-state index in [9.17, 15) is 13.2 Å². The molecule has 1 aliphatic rings. The maximum atomic E-state index is 13.0. The van der Waals surface area contributed by atoms with Crippen molar-refractivity contribution < 1.29 is 13.2 Å². The number of rotatable bonds is 6. The topological polar surface area (TPSA) is 93.5 Å². The van der Waals surface area contributed by atoms with Crippen LogP contribution in [0.2, 0.25) is 0 Å². The zero-order chi connectivity index (χ0) is 21.7. The predicted molar refractivity (Wildman–Crippen MR) is 116 cm³/mol. The molecule has 2 aromatic rings. The Labute approximate surface area is 178 Å². The van der Waals surface area contributed by atoms with Crippen LogP contribution < -0.4 is 5.32 Å². The van der Waals surface area contributed by atoms with Crippen molar-refractivity contribution >= 4 is 21.6 Å². The van der Waals surface area contributed by atoms with Crippen molar-refractivity contribution in [3.05, 3.63) is 59.2 Å². The second-order valence-electron chi connectivity index (χ2n) is 7.47. The Kier molecular flexibility index (Phi) is 6.87. The average Bonchev–Trinajstić information content (AvgIpc) is 2.72. The number of nitriles is 1. The van der Waals surface area contributed by atoms with Crippen molar-refractivity contribution in [3.8, 4) is 6.07 Å². The molecule has 1 saturated heterocycles. The van der Waals surface area contributed by atoms with Crippen molar-refractivity contribution in [1.82, 2.24) is 9.21 Å².